The number of carbonyl (C=O) groups excluding carboxylic acids is 1. The molecule has 0 aromatic heterocycles. The van der Waals surface area contributed by atoms with Crippen molar-refractivity contribution < 1.29 is 19.4 Å². The predicted octanol–water partition coefficient (Wildman–Crippen LogP) is 3.46. The topological polar surface area (TPSA) is 59.1 Å². The average molecular weight is 332 g/mol. The van der Waals surface area contributed by atoms with Crippen LogP contribution in [0, 0.1) is 5.92 Å². The molecule has 1 N–H and O–H groups in total. The first-order chi connectivity index (χ1) is 11.3. The molecule has 24 heavy (non-hydrogen) atoms. The maximum atomic E-state index is 12.0. The Kier molecular flexibility index (Phi) is 4.71. The first-order valence-electron chi connectivity index (χ1n) is 8.88. The van der Waals surface area contributed by atoms with Gasteiger partial charge in [0.15, 0.2) is 0 Å². The average Bonchev–Trinajstić information content (AvgIpc) is 3.05. The number of carbonyl (C=O) groups is 1. The van der Waals surface area contributed by atoms with E-state index in [4.69, 9.17) is 9.47 Å². The maximum absolute atomic E-state index is 12.0. The Balaban J connectivity index is 1.82. The molecule has 0 spiro atoms. The zero-order chi connectivity index (χ0) is 17.5. The number of hydrogen-bond acceptors (Lipinski definition) is 4. The molecule has 5 atom stereocenters. The molecule has 5 unspecified atom stereocenters. The SMILES string of the molecule is C=C1C(=O)OC2CC3(C)OC3CC(O)C(C)=CCCC(C)=CCC12. The van der Waals surface area contributed by atoms with Crippen LogP contribution in [0.2, 0.25) is 0 Å². The van der Waals surface area contributed by atoms with Crippen LogP contribution in [0.4, 0.5) is 0 Å². The third-order valence-corrected chi connectivity index (χ3v) is 5.75. The Morgan fingerprint density at radius 1 is 1.33 bits per heavy atom. The molecule has 0 aromatic carbocycles. The number of aliphatic hydroxyl groups is 1. The molecular formula is C20H28O4. The van der Waals surface area contributed by atoms with Crippen LogP contribution < -0.4 is 0 Å². The lowest BCUT2D eigenvalue weighted by atomic mass is 9.85. The van der Waals surface area contributed by atoms with E-state index in [-0.39, 0.29) is 29.7 Å². The number of fused-ring (bicyclic) bond motifs is 2. The zero-order valence-corrected chi connectivity index (χ0v) is 14.9. The fraction of sp³-hybridized carbons (Fsp3) is 0.650. The number of allylic oxidation sites excluding steroid dienone is 3. The molecule has 0 bridgehead atoms. The van der Waals surface area contributed by atoms with E-state index in [0.717, 1.165) is 24.8 Å². The van der Waals surface area contributed by atoms with Crippen molar-refractivity contribution in [2.45, 2.75) is 76.8 Å². The van der Waals surface area contributed by atoms with E-state index in [1.165, 1.54) is 5.57 Å². The Morgan fingerprint density at radius 3 is 2.83 bits per heavy atom. The highest BCUT2D eigenvalue weighted by Gasteiger charge is 2.56. The van der Waals surface area contributed by atoms with Crippen molar-refractivity contribution in [3.63, 3.8) is 0 Å². The molecule has 0 aromatic rings. The van der Waals surface area contributed by atoms with Gasteiger partial charge in [-0.15, -0.1) is 0 Å². The summed E-state index contributed by atoms with van der Waals surface area (Å²) < 4.78 is 11.4. The number of esters is 1. The Hall–Kier alpha value is -1.39. The van der Waals surface area contributed by atoms with Crippen LogP contribution in [0.1, 0.15) is 52.9 Å². The zero-order valence-electron chi connectivity index (χ0n) is 14.9. The molecule has 4 nitrogen and oxygen atoms in total. The van der Waals surface area contributed by atoms with E-state index >= 15 is 0 Å². The molecule has 2 saturated heterocycles. The number of rotatable bonds is 0. The van der Waals surface area contributed by atoms with E-state index in [1.807, 2.05) is 13.8 Å². The van der Waals surface area contributed by atoms with E-state index < -0.39 is 6.10 Å². The third kappa shape index (κ3) is 3.50. The minimum Gasteiger partial charge on any atom is -0.458 e. The molecule has 2 fully saturated rings. The van der Waals surface area contributed by atoms with Crippen molar-refractivity contribution in [1.29, 1.82) is 0 Å². The highest BCUT2D eigenvalue weighted by molar-refractivity contribution is 5.90. The molecule has 2 heterocycles. The summed E-state index contributed by atoms with van der Waals surface area (Å²) in [7, 11) is 0. The monoisotopic (exact) mass is 332 g/mol. The maximum Gasteiger partial charge on any atom is 0.334 e. The summed E-state index contributed by atoms with van der Waals surface area (Å²) in [6, 6.07) is 0. The number of hydrogen-bond donors (Lipinski definition) is 1. The first kappa shape index (κ1) is 17.4. The Morgan fingerprint density at radius 2 is 2.08 bits per heavy atom. The largest absolute Gasteiger partial charge is 0.458 e. The summed E-state index contributed by atoms with van der Waals surface area (Å²) in [5.41, 5.74) is 2.56. The van der Waals surface area contributed by atoms with Crippen molar-refractivity contribution in [2.75, 3.05) is 0 Å². The number of aliphatic hydroxyl groups excluding tert-OH is 1. The second-order valence-electron chi connectivity index (χ2n) is 7.72. The standard InChI is InChI=1S/C20H28O4/c1-12-6-5-7-13(2)16(21)10-18-20(4,24-18)11-17-15(9-8-12)14(3)19(22)23-17/h7-8,15-18,21H,3,5-6,9-11H2,1-2,4H3. The molecule has 0 saturated carbocycles. The molecule has 0 amide bonds. The molecule has 3 aliphatic rings. The smallest absolute Gasteiger partial charge is 0.334 e. The van der Waals surface area contributed by atoms with Gasteiger partial charge in [-0.25, -0.2) is 4.79 Å². The van der Waals surface area contributed by atoms with Gasteiger partial charge in [0, 0.05) is 24.3 Å². The van der Waals surface area contributed by atoms with Crippen LogP contribution in [-0.2, 0) is 14.3 Å². The summed E-state index contributed by atoms with van der Waals surface area (Å²) in [6.07, 6.45) is 7.61. The van der Waals surface area contributed by atoms with Crippen LogP contribution in [0.25, 0.3) is 0 Å². The predicted molar refractivity (Wildman–Crippen MR) is 92.4 cm³/mol. The lowest BCUT2D eigenvalue weighted by Crippen LogP contribution is -2.26. The lowest BCUT2D eigenvalue weighted by molar-refractivity contribution is -0.139. The summed E-state index contributed by atoms with van der Waals surface area (Å²) in [4.78, 5) is 12.0. The van der Waals surface area contributed by atoms with Gasteiger partial charge in [0.2, 0.25) is 0 Å². The summed E-state index contributed by atoms with van der Waals surface area (Å²) in [5.74, 6) is -0.252. The normalized spacial score (nSPS) is 40.7. The summed E-state index contributed by atoms with van der Waals surface area (Å²) in [5, 5.41) is 10.4. The highest BCUT2D eigenvalue weighted by Crippen LogP contribution is 2.47. The second-order valence-corrected chi connectivity index (χ2v) is 7.72. The summed E-state index contributed by atoms with van der Waals surface area (Å²) >= 11 is 0. The molecule has 3 rings (SSSR count). The third-order valence-electron chi connectivity index (χ3n) is 5.75. The Bertz CT molecular complexity index is 603. The molecule has 1 aliphatic carbocycles. The quantitative estimate of drug-likeness (QED) is 0.319. The van der Waals surface area contributed by atoms with Crippen LogP contribution in [0.15, 0.2) is 35.5 Å². The second kappa shape index (κ2) is 6.49. The van der Waals surface area contributed by atoms with Crippen molar-refractivity contribution in [3.8, 4) is 0 Å². The van der Waals surface area contributed by atoms with Gasteiger partial charge in [-0.2, -0.15) is 0 Å². The van der Waals surface area contributed by atoms with Crippen molar-refractivity contribution in [2.24, 2.45) is 5.92 Å². The first-order valence-corrected chi connectivity index (χ1v) is 8.88. The minimum absolute atomic E-state index is 0.0179. The molecular weight excluding hydrogens is 304 g/mol. The molecule has 132 valence electrons. The van der Waals surface area contributed by atoms with E-state index in [2.05, 4.69) is 25.7 Å². The van der Waals surface area contributed by atoms with Crippen molar-refractivity contribution >= 4 is 5.97 Å². The molecule has 0 radical (unpaired) electrons. The summed E-state index contributed by atoms with van der Waals surface area (Å²) in [6.45, 7) is 10.1. The van der Waals surface area contributed by atoms with Gasteiger partial charge in [-0.05, 0) is 45.6 Å². The van der Waals surface area contributed by atoms with Crippen LogP contribution in [0.5, 0.6) is 0 Å². The fourth-order valence-corrected chi connectivity index (χ4v) is 3.80. The Labute approximate surface area is 144 Å². The van der Waals surface area contributed by atoms with Crippen LogP contribution in [-0.4, -0.2) is 35.0 Å². The van der Waals surface area contributed by atoms with E-state index in [9.17, 15) is 9.90 Å². The van der Waals surface area contributed by atoms with Gasteiger partial charge < -0.3 is 14.6 Å². The molecule has 4 heteroatoms. The number of ether oxygens (including phenoxy) is 2. The van der Waals surface area contributed by atoms with E-state index in [1.54, 1.807) is 0 Å². The van der Waals surface area contributed by atoms with Gasteiger partial charge in [0.1, 0.15) is 6.10 Å². The van der Waals surface area contributed by atoms with E-state index in [0.29, 0.717) is 18.4 Å². The molecule has 2 aliphatic heterocycles. The van der Waals surface area contributed by atoms with Gasteiger partial charge in [-0.1, -0.05) is 24.3 Å². The van der Waals surface area contributed by atoms with Crippen molar-refractivity contribution in [3.05, 3.63) is 35.5 Å². The van der Waals surface area contributed by atoms with Gasteiger partial charge in [0.05, 0.1) is 17.8 Å². The van der Waals surface area contributed by atoms with Gasteiger partial charge in [0.25, 0.3) is 0 Å². The van der Waals surface area contributed by atoms with Gasteiger partial charge in [-0.3, -0.25) is 0 Å². The van der Waals surface area contributed by atoms with Crippen molar-refractivity contribution in [1.82, 2.24) is 0 Å². The highest BCUT2D eigenvalue weighted by atomic mass is 16.6. The van der Waals surface area contributed by atoms with Crippen LogP contribution >= 0.6 is 0 Å². The van der Waals surface area contributed by atoms with Crippen LogP contribution in [0.3, 0.4) is 0 Å². The number of epoxide rings is 1. The van der Waals surface area contributed by atoms with Gasteiger partial charge >= 0.3 is 5.97 Å². The fourth-order valence-electron chi connectivity index (χ4n) is 3.80. The lowest BCUT2D eigenvalue weighted by Gasteiger charge is -2.20. The minimum atomic E-state index is -0.471.